The molecule has 0 aliphatic carbocycles. The third kappa shape index (κ3) is 3.08. The van der Waals surface area contributed by atoms with E-state index in [1.54, 1.807) is 7.11 Å². The second-order valence-corrected chi connectivity index (χ2v) is 6.47. The van der Waals surface area contributed by atoms with Crippen molar-refractivity contribution in [3.63, 3.8) is 0 Å². The smallest absolute Gasteiger partial charge is 0.186 e. The zero-order valence-electron chi connectivity index (χ0n) is 14.2. The number of fused-ring (bicyclic) bond motifs is 1. The van der Waals surface area contributed by atoms with Gasteiger partial charge >= 0.3 is 0 Å². The van der Waals surface area contributed by atoms with E-state index in [0.717, 1.165) is 60.2 Å². The van der Waals surface area contributed by atoms with Gasteiger partial charge in [0.15, 0.2) is 4.77 Å². The van der Waals surface area contributed by atoms with Crippen molar-refractivity contribution < 1.29 is 9.47 Å². The van der Waals surface area contributed by atoms with E-state index in [1.807, 2.05) is 24.3 Å². The topological polar surface area (TPSA) is 31.6 Å². The molecule has 1 fully saturated rings. The van der Waals surface area contributed by atoms with Gasteiger partial charge in [0.2, 0.25) is 0 Å². The molecule has 0 spiro atoms. The molecule has 1 aliphatic rings. The summed E-state index contributed by atoms with van der Waals surface area (Å²) in [5.74, 6) is 0.840. The highest BCUT2D eigenvalue weighted by Gasteiger charge is 2.16. The van der Waals surface area contributed by atoms with Gasteiger partial charge in [-0.1, -0.05) is 12.1 Å². The van der Waals surface area contributed by atoms with Crippen molar-refractivity contribution in [3.8, 4) is 11.4 Å². The minimum atomic E-state index is 0.782. The van der Waals surface area contributed by atoms with E-state index in [2.05, 4.69) is 38.3 Å². The molecule has 6 heteroatoms. The van der Waals surface area contributed by atoms with Crippen molar-refractivity contribution in [2.45, 2.75) is 6.67 Å². The predicted molar refractivity (Wildman–Crippen MR) is 101 cm³/mol. The molecular formula is C19H21N3O2S. The summed E-state index contributed by atoms with van der Waals surface area (Å²) >= 11 is 5.84. The van der Waals surface area contributed by atoms with E-state index in [0.29, 0.717) is 0 Å². The molecule has 1 saturated heterocycles. The van der Waals surface area contributed by atoms with Gasteiger partial charge in [-0.2, -0.15) is 0 Å². The van der Waals surface area contributed by atoms with Gasteiger partial charge in [0.1, 0.15) is 5.75 Å². The molecule has 4 rings (SSSR count). The Kier molecular flexibility index (Phi) is 4.57. The molecule has 3 aromatic rings. The summed E-state index contributed by atoms with van der Waals surface area (Å²) in [6.07, 6.45) is 0. The minimum absolute atomic E-state index is 0.782. The standard InChI is InChI=1S/C19H21N3O2S/c1-23-16-8-6-15(7-9-16)22-18-5-3-2-4-17(18)21(19(22)25)14-20-10-12-24-13-11-20/h2-9H,10-14H2,1H3. The summed E-state index contributed by atoms with van der Waals surface area (Å²) in [7, 11) is 1.68. The van der Waals surface area contributed by atoms with Crippen LogP contribution in [0.5, 0.6) is 5.75 Å². The lowest BCUT2D eigenvalue weighted by atomic mass is 10.2. The molecule has 0 atom stereocenters. The molecule has 0 saturated carbocycles. The summed E-state index contributed by atoms with van der Waals surface area (Å²) in [5.41, 5.74) is 3.31. The molecule has 0 amide bonds. The highest BCUT2D eigenvalue weighted by atomic mass is 32.1. The molecule has 25 heavy (non-hydrogen) atoms. The van der Waals surface area contributed by atoms with Crippen LogP contribution in [0.25, 0.3) is 16.7 Å². The summed E-state index contributed by atoms with van der Waals surface area (Å²) < 4.78 is 15.9. The van der Waals surface area contributed by atoms with Crippen molar-refractivity contribution in [1.82, 2.24) is 14.0 Å². The summed E-state index contributed by atoms with van der Waals surface area (Å²) in [5, 5.41) is 0. The van der Waals surface area contributed by atoms with Gasteiger partial charge in [-0.15, -0.1) is 0 Å². The van der Waals surface area contributed by atoms with E-state index in [-0.39, 0.29) is 0 Å². The fourth-order valence-corrected chi connectivity index (χ4v) is 3.63. The van der Waals surface area contributed by atoms with Crippen LogP contribution in [0, 0.1) is 4.77 Å². The quantitative estimate of drug-likeness (QED) is 0.671. The number of imidazole rings is 1. The van der Waals surface area contributed by atoms with Crippen LogP contribution in [0.4, 0.5) is 0 Å². The Labute approximate surface area is 152 Å². The molecule has 5 nitrogen and oxygen atoms in total. The number of nitrogens with zero attached hydrogens (tertiary/aromatic N) is 3. The van der Waals surface area contributed by atoms with Crippen LogP contribution < -0.4 is 4.74 Å². The molecule has 2 heterocycles. The Bertz CT molecular complexity index is 924. The first-order valence-corrected chi connectivity index (χ1v) is 8.83. The fourth-order valence-electron chi connectivity index (χ4n) is 3.27. The van der Waals surface area contributed by atoms with Crippen molar-refractivity contribution in [3.05, 3.63) is 53.3 Å². The predicted octanol–water partition coefficient (Wildman–Crippen LogP) is 3.46. The third-order valence-corrected chi connectivity index (χ3v) is 5.01. The Morgan fingerprint density at radius 1 is 1.00 bits per heavy atom. The van der Waals surface area contributed by atoms with Crippen molar-refractivity contribution in [1.29, 1.82) is 0 Å². The van der Waals surface area contributed by atoms with Crippen molar-refractivity contribution >= 4 is 23.3 Å². The Balaban J connectivity index is 1.81. The fraction of sp³-hybridized carbons (Fsp3) is 0.316. The maximum Gasteiger partial charge on any atom is 0.186 e. The molecule has 1 aliphatic heterocycles. The largest absolute Gasteiger partial charge is 0.497 e. The normalized spacial score (nSPS) is 15.6. The average molecular weight is 355 g/mol. The number of methoxy groups -OCH3 is 1. The molecule has 0 bridgehead atoms. The molecule has 0 radical (unpaired) electrons. The second kappa shape index (κ2) is 7.00. The Hall–Kier alpha value is -2.15. The summed E-state index contributed by atoms with van der Waals surface area (Å²) in [6.45, 7) is 4.22. The van der Waals surface area contributed by atoms with E-state index in [9.17, 15) is 0 Å². The van der Waals surface area contributed by atoms with Crippen LogP contribution in [0.1, 0.15) is 0 Å². The average Bonchev–Trinajstić information content (AvgIpc) is 2.95. The number of rotatable bonds is 4. The van der Waals surface area contributed by atoms with Gasteiger partial charge in [-0.25, -0.2) is 0 Å². The zero-order chi connectivity index (χ0) is 17.2. The minimum Gasteiger partial charge on any atom is -0.497 e. The summed E-state index contributed by atoms with van der Waals surface area (Å²) in [4.78, 5) is 2.38. The molecule has 130 valence electrons. The van der Waals surface area contributed by atoms with Crippen LogP contribution in [0.3, 0.4) is 0 Å². The van der Waals surface area contributed by atoms with Crippen LogP contribution in [0.15, 0.2) is 48.5 Å². The lowest BCUT2D eigenvalue weighted by Crippen LogP contribution is -2.37. The monoisotopic (exact) mass is 355 g/mol. The number of benzene rings is 2. The Morgan fingerprint density at radius 2 is 1.68 bits per heavy atom. The molecular weight excluding hydrogens is 334 g/mol. The van der Waals surface area contributed by atoms with E-state index >= 15 is 0 Å². The van der Waals surface area contributed by atoms with Crippen molar-refractivity contribution in [2.75, 3.05) is 33.4 Å². The number of hydrogen-bond acceptors (Lipinski definition) is 4. The molecule has 0 unspecified atom stereocenters. The maximum absolute atomic E-state index is 5.84. The highest BCUT2D eigenvalue weighted by molar-refractivity contribution is 7.71. The van der Waals surface area contributed by atoms with E-state index in [1.165, 1.54) is 0 Å². The van der Waals surface area contributed by atoms with Gasteiger partial charge in [-0.3, -0.25) is 9.47 Å². The van der Waals surface area contributed by atoms with Crippen LogP contribution >= 0.6 is 12.2 Å². The number of aromatic nitrogens is 2. The first-order chi connectivity index (χ1) is 12.3. The maximum atomic E-state index is 5.84. The number of ether oxygens (including phenoxy) is 2. The van der Waals surface area contributed by atoms with Gasteiger partial charge < -0.3 is 14.0 Å². The third-order valence-electron chi connectivity index (χ3n) is 4.61. The van der Waals surface area contributed by atoms with Gasteiger partial charge in [0.25, 0.3) is 0 Å². The first kappa shape index (κ1) is 16.3. The highest BCUT2D eigenvalue weighted by Crippen LogP contribution is 2.24. The number of morpholine rings is 1. The summed E-state index contributed by atoms with van der Waals surface area (Å²) in [6, 6.07) is 16.4. The molecule has 2 aromatic carbocycles. The van der Waals surface area contributed by atoms with E-state index in [4.69, 9.17) is 21.7 Å². The van der Waals surface area contributed by atoms with Crippen LogP contribution in [-0.4, -0.2) is 47.4 Å². The van der Waals surface area contributed by atoms with Gasteiger partial charge in [-0.05, 0) is 48.6 Å². The lowest BCUT2D eigenvalue weighted by Gasteiger charge is -2.27. The van der Waals surface area contributed by atoms with Crippen LogP contribution in [-0.2, 0) is 11.4 Å². The number of hydrogen-bond donors (Lipinski definition) is 0. The molecule has 1 aromatic heterocycles. The number of para-hydroxylation sites is 2. The first-order valence-electron chi connectivity index (χ1n) is 8.43. The SMILES string of the molecule is COc1ccc(-n2c(=S)n(CN3CCOCC3)c3ccccc32)cc1. The van der Waals surface area contributed by atoms with Crippen LogP contribution in [0.2, 0.25) is 0 Å². The lowest BCUT2D eigenvalue weighted by molar-refractivity contribution is 0.0238. The van der Waals surface area contributed by atoms with Gasteiger partial charge in [0.05, 0.1) is 38.0 Å². The molecule has 0 N–H and O–H groups in total. The second-order valence-electron chi connectivity index (χ2n) is 6.10. The van der Waals surface area contributed by atoms with Crippen molar-refractivity contribution in [2.24, 2.45) is 0 Å². The Morgan fingerprint density at radius 3 is 2.36 bits per heavy atom. The van der Waals surface area contributed by atoms with Gasteiger partial charge in [0, 0.05) is 18.8 Å². The van der Waals surface area contributed by atoms with E-state index < -0.39 is 0 Å². The zero-order valence-corrected chi connectivity index (χ0v) is 15.0.